The highest BCUT2D eigenvalue weighted by Crippen LogP contribution is 2.58. The van der Waals surface area contributed by atoms with Crippen molar-refractivity contribution in [1.29, 1.82) is 0 Å². The van der Waals surface area contributed by atoms with Crippen LogP contribution in [-0.2, 0) is 10.2 Å². The Labute approximate surface area is 130 Å². The van der Waals surface area contributed by atoms with Crippen LogP contribution in [0.4, 0.5) is 0 Å². The number of ether oxygens (including phenoxy) is 2. The molecule has 106 valence electrons. The monoisotopic (exact) mass is 385 g/mol. The zero-order valence-corrected chi connectivity index (χ0v) is 13.7. The van der Waals surface area contributed by atoms with E-state index in [4.69, 9.17) is 14.5 Å². The van der Waals surface area contributed by atoms with Gasteiger partial charge in [0.2, 0.25) is 11.7 Å². The van der Waals surface area contributed by atoms with Crippen molar-refractivity contribution in [2.24, 2.45) is 0 Å². The Morgan fingerprint density at radius 1 is 1.40 bits per heavy atom. The number of rotatable bonds is 3. The van der Waals surface area contributed by atoms with Gasteiger partial charge in [-0.2, -0.15) is 4.98 Å². The second kappa shape index (κ2) is 4.07. The van der Waals surface area contributed by atoms with Gasteiger partial charge in [0, 0.05) is 17.8 Å². The smallest absolute Gasteiger partial charge is 0.237 e. The fourth-order valence-electron chi connectivity index (χ4n) is 3.53. The van der Waals surface area contributed by atoms with Crippen LogP contribution in [0.2, 0.25) is 0 Å². The first-order valence-corrected chi connectivity index (χ1v) is 7.94. The third-order valence-corrected chi connectivity index (χ3v) is 5.06. The summed E-state index contributed by atoms with van der Waals surface area (Å²) >= 11 is 2.24. The van der Waals surface area contributed by atoms with Crippen LogP contribution >= 0.6 is 22.6 Å². The van der Waals surface area contributed by atoms with E-state index in [0.717, 1.165) is 28.7 Å². The first kappa shape index (κ1) is 12.8. The molecule has 5 nitrogen and oxygen atoms in total. The van der Waals surface area contributed by atoms with Gasteiger partial charge < -0.3 is 9.47 Å². The lowest BCUT2D eigenvalue weighted by Gasteiger charge is -2.41. The summed E-state index contributed by atoms with van der Waals surface area (Å²) in [6, 6.07) is 0. The highest BCUT2D eigenvalue weighted by atomic mass is 127. The van der Waals surface area contributed by atoms with E-state index < -0.39 is 0 Å². The Hall–Kier alpha value is -0.890. The highest BCUT2D eigenvalue weighted by molar-refractivity contribution is 14.1. The van der Waals surface area contributed by atoms with E-state index in [9.17, 15) is 0 Å². The molecule has 6 heteroatoms. The summed E-state index contributed by atoms with van der Waals surface area (Å²) in [7, 11) is 0. The Morgan fingerprint density at radius 3 is 2.85 bits per heavy atom. The van der Waals surface area contributed by atoms with Crippen molar-refractivity contribution >= 4 is 28.4 Å². The third kappa shape index (κ3) is 1.70. The minimum absolute atomic E-state index is 0.0775. The SMILES string of the molecule is CCOc1nc2nc(C34COC(C)(C3)C4)cn2cc1I. The van der Waals surface area contributed by atoms with E-state index in [-0.39, 0.29) is 11.0 Å². The highest BCUT2D eigenvalue weighted by Gasteiger charge is 2.61. The Morgan fingerprint density at radius 2 is 2.20 bits per heavy atom. The molecule has 5 rings (SSSR count). The van der Waals surface area contributed by atoms with E-state index in [2.05, 4.69) is 40.7 Å². The van der Waals surface area contributed by atoms with E-state index >= 15 is 0 Å². The lowest BCUT2D eigenvalue weighted by atomic mass is 9.62. The average Bonchev–Trinajstić information content (AvgIpc) is 3.00. The fourth-order valence-corrected chi connectivity index (χ4v) is 4.10. The summed E-state index contributed by atoms with van der Waals surface area (Å²) in [6.45, 7) is 5.54. The molecule has 2 saturated heterocycles. The van der Waals surface area contributed by atoms with Gasteiger partial charge in [-0.05, 0) is 49.3 Å². The van der Waals surface area contributed by atoms with Gasteiger partial charge in [0.1, 0.15) is 0 Å². The molecule has 0 spiro atoms. The van der Waals surface area contributed by atoms with Crippen LogP contribution in [0.25, 0.3) is 5.78 Å². The summed E-state index contributed by atoms with van der Waals surface area (Å²) in [6.07, 6.45) is 6.25. The Kier molecular flexibility index (Phi) is 2.61. The molecule has 20 heavy (non-hydrogen) atoms. The lowest BCUT2D eigenvalue weighted by Crippen LogP contribution is -2.45. The van der Waals surface area contributed by atoms with Gasteiger partial charge >= 0.3 is 0 Å². The Balaban J connectivity index is 1.76. The van der Waals surface area contributed by atoms with Gasteiger partial charge in [-0.1, -0.05) is 0 Å². The van der Waals surface area contributed by atoms with Gasteiger partial charge in [0.25, 0.3) is 0 Å². The van der Waals surface area contributed by atoms with Gasteiger partial charge in [-0.15, -0.1) is 0 Å². The largest absolute Gasteiger partial charge is 0.477 e. The molecule has 0 aromatic carbocycles. The summed E-state index contributed by atoms with van der Waals surface area (Å²) in [5.74, 6) is 1.37. The molecule has 0 N–H and O–H groups in total. The number of aromatic nitrogens is 3. The van der Waals surface area contributed by atoms with Gasteiger partial charge in [-0.25, -0.2) is 4.98 Å². The topological polar surface area (TPSA) is 48.7 Å². The normalized spacial score (nSPS) is 31.6. The number of nitrogens with zero attached hydrogens (tertiary/aromatic N) is 3. The van der Waals surface area contributed by atoms with Crippen molar-refractivity contribution in [3.05, 3.63) is 21.7 Å². The summed E-state index contributed by atoms with van der Waals surface area (Å²) in [5, 5.41) is 0. The maximum Gasteiger partial charge on any atom is 0.237 e. The van der Waals surface area contributed by atoms with Crippen LogP contribution in [0.1, 0.15) is 32.4 Å². The minimum atomic E-state index is 0.0775. The van der Waals surface area contributed by atoms with Crippen molar-refractivity contribution in [3.63, 3.8) is 0 Å². The number of fused-ring (bicyclic) bond motifs is 2. The molecule has 2 bridgehead atoms. The molecule has 4 heterocycles. The zero-order chi connectivity index (χ0) is 14.0. The summed E-state index contributed by atoms with van der Waals surface area (Å²) in [5.41, 5.74) is 1.29. The van der Waals surface area contributed by atoms with E-state index in [1.807, 2.05) is 17.5 Å². The predicted octanol–water partition coefficient (Wildman–Crippen LogP) is 2.55. The molecule has 1 aliphatic carbocycles. The van der Waals surface area contributed by atoms with Gasteiger partial charge in [-0.3, -0.25) is 4.40 Å². The van der Waals surface area contributed by atoms with Crippen molar-refractivity contribution in [3.8, 4) is 5.88 Å². The summed E-state index contributed by atoms with van der Waals surface area (Å²) in [4.78, 5) is 9.21. The zero-order valence-electron chi connectivity index (χ0n) is 11.5. The molecule has 1 saturated carbocycles. The first-order chi connectivity index (χ1) is 9.54. The van der Waals surface area contributed by atoms with Crippen LogP contribution < -0.4 is 4.74 Å². The molecular formula is C14H16IN3O2. The standard InChI is InChI=1S/C14H16IN3O2/c1-3-19-11-9(15)4-18-5-10(16-12(18)17-11)14-6-13(2,7-14)20-8-14/h4-5H,3,6-8H2,1-2H3. The lowest BCUT2D eigenvalue weighted by molar-refractivity contribution is 0.0154. The van der Waals surface area contributed by atoms with Crippen molar-refractivity contribution in [2.75, 3.05) is 13.2 Å². The molecule has 2 aliphatic heterocycles. The molecule has 0 atom stereocenters. The van der Waals surface area contributed by atoms with E-state index in [1.165, 1.54) is 0 Å². The molecule has 0 amide bonds. The van der Waals surface area contributed by atoms with E-state index in [0.29, 0.717) is 18.3 Å². The van der Waals surface area contributed by atoms with Crippen LogP contribution in [0.5, 0.6) is 5.88 Å². The number of halogens is 1. The first-order valence-electron chi connectivity index (χ1n) is 6.86. The molecule has 3 aliphatic rings. The molecule has 2 aromatic rings. The number of hydrogen-bond acceptors (Lipinski definition) is 4. The molecule has 3 fully saturated rings. The quantitative estimate of drug-likeness (QED) is 0.763. The Bertz CT molecular complexity index is 691. The molecule has 2 aromatic heterocycles. The second-order valence-electron chi connectivity index (χ2n) is 6.03. The van der Waals surface area contributed by atoms with Crippen LogP contribution in [-0.4, -0.2) is 33.2 Å². The predicted molar refractivity (Wildman–Crippen MR) is 82.1 cm³/mol. The summed E-state index contributed by atoms with van der Waals surface area (Å²) < 4.78 is 14.4. The van der Waals surface area contributed by atoms with Crippen molar-refractivity contribution in [1.82, 2.24) is 14.4 Å². The molecular weight excluding hydrogens is 369 g/mol. The van der Waals surface area contributed by atoms with E-state index in [1.54, 1.807) is 0 Å². The second-order valence-corrected chi connectivity index (χ2v) is 7.20. The van der Waals surface area contributed by atoms with Gasteiger partial charge in [0.05, 0.1) is 28.1 Å². The van der Waals surface area contributed by atoms with Crippen molar-refractivity contribution in [2.45, 2.75) is 37.7 Å². The van der Waals surface area contributed by atoms with Crippen LogP contribution in [0.3, 0.4) is 0 Å². The van der Waals surface area contributed by atoms with Crippen molar-refractivity contribution < 1.29 is 9.47 Å². The van der Waals surface area contributed by atoms with Crippen LogP contribution in [0, 0.1) is 3.57 Å². The third-order valence-electron chi connectivity index (χ3n) is 4.32. The minimum Gasteiger partial charge on any atom is -0.477 e. The van der Waals surface area contributed by atoms with Crippen LogP contribution in [0.15, 0.2) is 12.4 Å². The number of hydrogen-bond donors (Lipinski definition) is 0. The van der Waals surface area contributed by atoms with Gasteiger partial charge in [0.15, 0.2) is 0 Å². The molecule has 0 radical (unpaired) electrons. The average molecular weight is 385 g/mol. The molecule has 0 unspecified atom stereocenters. The fraction of sp³-hybridized carbons (Fsp3) is 0.571. The number of imidazole rings is 1. The maximum absolute atomic E-state index is 5.86. The maximum atomic E-state index is 5.86.